The molecule has 3 aromatic carbocycles. The normalized spacial score (nSPS) is 16.5. The number of ether oxygens (including phenoxy) is 2. The van der Waals surface area contributed by atoms with Crippen molar-refractivity contribution in [2.45, 2.75) is 64.5 Å². The van der Waals surface area contributed by atoms with E-state index in [0.717, 1.165) is 49.7 Å². The third kappa shape index (κ3) is 9.08. The Morgan fingerprint density at radius 1 is 0.500 bits per heavy atom. The maximum atomic E-state index is 12.7. The van der Waals surface area contributed by atoms with Crippen LogP contribution in [0.15, 0.2) is 72.8 Å². The van der Waals surface area contributed by atoms with Crippen molar-refractivity contribution in [3.05, 3.63) is 95.1 Å². The van der Waals surface area contributed by atoms with Gasteiger partial charge < -0.3 is 20.1 Å². The first-order valence-electron chi connectivity index (χ1n) is 13.7. The summed E-state index contributed by atoms with van der Waals surface area (Å²) in [5.74, 6) is -0.234. The zero-order valence-electron chi connectivity index (χ0n) is 22.4. The second-order valence-electron chi connectivity index (χ2n) is 9.80. The first-order chi connectivity index (χ1) is 19.5. The summed E-state index contributed by atoms with van der Waals surface area (Å²) in [6.07, 6.45) is 6.03. The van der Waals surface area contributed by atoms with E-state index in [1.807, 2.05) is 0 Å². The van der Waals surface area contributed by atoms with Crippen LogP contribution in [0, 0.1) is 0 Å². The highest BCUT2D eigenvalue weighted by atomic mass is 16.5. The van der Waals surface area contributed by atoms with Crippen molar-refractivity contribution >= 4 is 23.8 Å². The number of carbonyl (C=O) groups excluding carboxylic acids is 4. The topological polar surface area (TPSA) is 111 Å². The van der Waals surface area contributed by atoms with Crippen LogP contribution in [0.3, 0.4) is 0 Å². The molecule has 0 aromatic heterocycles. The smallest absolute Gasteiger partial charge is 0.311 e. The van der Waals surface area contributed by atoms with Crippen molar-refractivity contribution in [2.75, 3.05) is 0 Å². The molecule has 0 radical (unpaired) electrons. The van der Waals surface area contributed by atoms with Crippen molar-refractivity contribution in [2.24, 2.45) is 0 Å². The summed E-state index contributed by atoms with van der Waals surface area (Å²) in [5.41, 5.74) is 2.44. The molecule has 8 nitrogen and oxygen atoms in total. The summed E-state index contributed by atoms with van der Waals surface area (Å²) < 4.78 is 10.8. The van der Waals surface area contributed by atoms with Crippen LogP contribution in [-0.4, -0.2) is 23.8 Å². The Labute approximate surface area is 234 Å². The molecule has 2 amide bonds. The van der Waals surface area contributed by atoms with Gasteiger partial charge in [-0.15, -0.1) is 0 Å². The third-order valence-electron chi connectivity index (χ3n) is 6.61. The van der Waals surface area contributed by atoms with Gasteiger partial charge in [0.15, 0.2) is 0 Å². The fourth-order valence-electron chi connectivity index (χ4n) is 4.33. The molecule has 3 aromatic rings. The Kier molecular flexibility index (Phi) is 10.4. The van der Waals surface area contributed by atoms with E-state index in [0.29, 0.717) is 35.5 Å². The van der Waals surface area contributed by atoms with Gasteiger partial charge in [-0.05, 0) is 66.4 Å². The zero-order chi connectivity index (χ0) is 28.2. The maximum Gasteiger partial charge on any atom is 0.311 e. The third-order valence-corrected chi connectivity index (χ3v) is 6.61. The van der Waals surface area contributed by atoms with Gasteiger partial charge >= 0.3 is 11.9 Å². The van der Waals surface area contributed by atoms with Crippen LogP contribution >= 0.6 is 0 Å². The van der Waals surface area contributed by atoms with E-state index in [9.17, 15) is 19.2 Å². The average molecular weight is 543 g/mol. The van der Waals surface area contributed by atoms with Crippen molar-refractivity contribution in [3.8, 4) is 11.5 Å². The summed E-state index contributed by atoms with van der Waals surface area (Å²) in [5, 5.41) is 5.71. The molecular formula is C32H34N2O6. The maximum absolute atomic E-state index is 12.7. The molecule has 8 heteroatoms. The van der Waals surface area contributed by atoms with Crippen LogP contribution in [0.25, 0.3) is 0 Å². The predicted octanol–water partition coefficient (Wildman–Crippen LogP) is 5.49. The van der Waals surface area contributed by atoms with Gasteiger partial charge in [0.2, 0.25) is 0 Å². The van der Waals surface area contributed by atoms with E-state index >= 15 is 0 Å². The van der Waals surface area contributed by atoms with Gasteiger partial charge in [0, 0.05) is 37.1 Å². The molecule has 7 rings (SSSR count). The summed E-state index contributed by atoms with van der Waals surface area (Å²) in [6, 6.07) is 20.5. The monoisotopic (exact) mass is 542 g/mol. The first-order valence-corrected chi connectivity index (χ1v) is 13.7. The number of esters is 2. The second kappa shape index (κ2) is 14.6. The van der Waals surface area contributed by atoms with Gasteiger partial charge in [-0.2, -0.15) is 0 Å². The number of carbonyl (C=O) groups is 4. The van der Waals surface area contributed by atoms with Gasteiger partial charge in [-0.1, -0.05) is 56.0 Å². The lowest BCUT2D eigenvalue weighted by molar-refractivity contribution is -0.135. The number of hydrogen-bond donors (Lipinski definition) is 2. The molecule has 4 aliphatic heterocycles. The van der Waals surface area contributed by atoms with Crippen LogP contribution < -0.4 is 20.1 Å². The molecule has 4 heterocycles. The van der Waals surface area contributed by atoms with Gasteiger partial charge in [0.1, 0.15) is 11.5 Å². The number of amides is 2. The van der Waals surface area contributed by atoms with E-state index in [1.54, 1.807) is 72.8 Å². The lowest BCUT2D eigenvalue weighted by Gasteiger charge is -2.09. The minimum absolute atomic E-state index is 0.273. The summed E-state index contributed by atoms with van der Waals surface area (Å²) >= 11 is 0. The molecule has 6 bridgehead atoms. The zero-order valence-corrected chi connectivity index (χ0v) is 22.4. The van der Waals surface area contributed by atoms with Crippen molar-refractivity contribution in [1.82, 2.24) is 10.6 Å². The SMILES string of the molecule is O=C1CCCCCCCCC(=O)Oc2ccc(cc2)CNC(=O)c2cccc(c2)C(=O)NCc2ccc(cc2)O1. The van der Waals surface area contributed by atoms with E-state index in [2.05, 4.69) is 10.6 Å². The summed E-state index contributed by atoms with van der Waals surface area (Å²) in [7, 11) is 0. The van der Waals surface area contributed by atoms with Crippen LogP contribution in [0.1, 0.15) is 83.2 Å². The fraction of sp³-hybridized carbons (Fsp3) is 0.312. The Balaban J connectivity index is 1.41. The Morgan fingerprint density at radius 2 is 0.900 bits per heavy atom. The quantitative estimate of drug-likeness (QED) is 0.287. The van der Waals surface area contributed by atoms with E-state index in [4.69, 9.17) is 9.47 Å². The molecule has 0 saturated heterocycles. The summed E-state index contributed by atoms with van der Waals surface area (Å²) in [6.45, 7) is 0.573. The number of hydrogen-bond acceptors (Lipinski definition) is 6. The summed E-state index contributed by atoms with van der Waals surface area (Å²) in [4.78, 5) is 49.8. The molecule has 0 spiro atoms. The molecule has 0 atom stereocenters. The van der Waals surface area contributed by atoms with Crippen molar-refractivity contribution < 1.29 is 28.7 Å². The first kappa shape index (κ1) is 28.5. The minimum Gasteiger partial charge on any atom is -0.427 e. The molecule has 0 saturated carbocycles. The van der Waals surface area contributed by atoms with Crippen molar-refractivity contribution in [1.29, 1.82) is 0 Å². The Hall–Kier alpha value is -4.46. The number of nitrogens with one attached hydrogen (secondary N) is 2. The number of rotatable bonds is 0. The molecule has 0 aliphatic carbocycles. The van der Waals surface area contributed by atoms with Gasteiger partial charge in [-0.3, -0.25) is 19.2 Å². The molecular weight excluding hydrogens is 508 g/mol. The Morgan fingerprint density at radius 3 is 1.32 bits per heavy atom. The van der Waals surface area contributed by atoms with Gasteiger partial charge in [0.25, 0.3) is 11.8 Å². The van der Waals surface area contributed by atoms with Crippen LogP contribution in [0.4, 0.5) is 0 Å². The molecule has 0 unspecified atom stereocenters. The fourth-order valence-corrected chi connectivity index (χ4v) is 4.33. The van der Waals surface area contributed by atoms with E-state index < -0.39 is 0 Å². The van der Waals surface area contributed by atoms with Crippen LogP contribution in [0.2, 0.25) is 0 Å². The van der Waals surface area contributed by atoms with Gasteiger partial charge in [0.05, 0.1) is 0 Å². The largest absolute Gasteiger partial charge is 0.427 e. The highest BCUT2D eigenvalue weighted by Crippen LogP contribution is 2.17. The second-order valence-corrected chi connectivity index (χ2v) is 9.80. The highest BCUT2D eigenvalue weighted by molar-refractivity contribution is 5.99. The molecule has 4 aliphatic rings. The van der Waals surface area contributed by atoms with Gasteiger partial charge in [-0.25, -0.2) is 0 Å². The molecule has 208 valence electrons. The minimum atomic E-state index is -0.306. The molecule has 40 heavy (non-hydrogen) atoms. The van der Waals surface area contributed by atoms with E-state index in [-0.39, 0.29) is 36.8 Å². The standard InChI is InChI=1S/C32H34N2O6/c35-29-10-5-3-1-2-4-6-11-30(36)40-28-18-14-24(15-19-28)22-34-32(38)26-9-7-8-25(20-26)31(37)33-21-23-12-16-27(39-29)17-13-23/h7-9,12-20H,1-6,10-11,21-22H2,(H,33,37)(H,34,38). The van der Waals surface area contributed by atoms with Crippen molar-refractivity contribution in [3.63, 3.8) is 0 Å². The predicted molar refractivity (Wildman–Crippen MR) is 150 cm³/mol. The lowest BCUT2D eigenvalue weighted by atomic mass is 10.1. The number of benzene rings is 3. The molecule has 0 fully saturated rings. The highest BCUT2D eigenvalue weighted by Gasteiger charge is 2.12. The van der Waals surface area contributed by atoms with E-state index in [1.165, 1.54) is 0 Å². The lowest BCUT2D eigenvalue weighted by Crippen LogP contribution is -2.25. The average Bonchev–Trinajstić information content (AvgIpc) is 2.97. The molecule has 2 N–H and O–H groups in total. The van der Waals surface area contributed by atoms with Crippen LogP contribution in [-0.2, 0) is 22.7 Å². The van der Waals surface area contributed by atoms with Crippen LogP contribution in [0.5, 0.6) is 11.5 Å². The Bertz CT molecular complexity index is 1220.